The molecular weight excluding hydrogens is 216 g/mol. The molecule has 0 unspecified atom stereocenters. The standard InChI is InChI=1S/C9H8N2O3S/c1-11-6-9(15(12,13)14)7-4-2-3-5-8(7)10-11/h2-6H,1H3/p+1. The van der Waals surface area contributed by atoms with Crippen LogP contribution in [-0.2, 0) is 17.2 Å². The zero-order chi connectivity index (χ0) is 11.1. The molecule has 6 heteroatoms. The first kappa shape index (κ1) is 10.0. The Labute approximate surface area is 86.7 Å². The molecule has 2 rings (SSSR count). The number of aryl methyl sites for hydroxylation is 1. The Balaban J connectivity index is 2.96. The summed E-state index contributed by atoms with van der Waals surface area (Å²) < 4.78 is 32.6. The molecule has 0 aliphatic carbocycles. The highest BCUT2D eigenvalue weighted by Crippen LogP contribution is 2.18. The minimum absolute atomic E-state index is 0.129. The Kier molecular flexibility index (Phi) is 2.17. The molecule has 0 saturated heterocycles. The van der Waals surface area contributed by atoms with Crippen LogP contribution in [0.5, 0.6) is 0 Å². The number of hydrogen-bond acceptors (Lipinski definition) is 3. The SMILES string of the molecule is C[n+]1cc(S(=O)(=O)O)c2ccccc2n1. The lowest BCUT2D eigenvalue weighted by molar-refractivity contribution is -0.730. The van der Waals surface area contributed by atoms with Gasteiger partial charge in [0, 0.05) is 5.39 Å². The van der Waals surface area contributed by atoms with Crippen molar-refractivity contribution in [1.82, 2.24) is 5.10 Å². The minimum Gasteiger partial charge on any atom is -0.282 e. The van der Waals surface area contributed by atoms with Crippen molar-refractivity contribution < 1.29 is 17.7 Å². The second-order valence-corrected chi connectivity index (χ2v) is 4.55. The number of hydrogen-bond donors (Lipinski definition) is 1. The molecule has 5 nitrogen and oxygen atoms in total. The predicted octanol–water partition coefficient (Wildman–Crippen LogP) is 0.306. The fourth-order valence-corrected chi connectivity index (χ4v) is 2.15. The topological polar surface area (TPSA) is 71.1 Å². The summed E-state index contributed by atoms with van der Waals surface area (Å²) in [6.45, 7) is 0. The summed E-state index contributed by atoms with van der Waals surface area (Å²) in [5.41, 5.74) is 0.523. The Morgan fingerprint density at radius 3 is 2.67 bits per heavy atom. The van der Waals surface area contributed by atoms with E-state index in [2.05, 4.69) is 5.10 Å². The van der Waals surface area contributed by atoms with Crippen LogP contribution in [0.15, 0.2) is 35.4 Å². The highest BCUT2D eigenvalue weighted by Gasteiger charge is 2.19. The molecule has 78 valence electrons. The molecule has 0 amide bonds. The van der Waals surface area contributed by atoms with Gasteiger partial charge in [-0.3, -0.25) is 4.55 Å². The molecule has 0 saturated carbocycles. The van der Waals surface area contributed by atoms with Gasteiger partial charge in [-0.25, -0.2) is 0 Å². The van der Waals surface area contributed by atoms with E-state index in [4.69, 9.17) is 4.55 Å². The molecule has 0 atom stereocenters. The van der Waals surface area contributed by atoms with Gasteiger partial charge in [0.2, 0.25) is 6.20 Å². The van der Waals surface area contributed by atoms with Crippen molar-refractivity contribution in [2.75, 3.05) is 0 Å². The Hall–Kier alpha value is -1.53. The summed E-state index contributed by atoms with van der Waals surface area (Å²) in [6.07, 6.45) is 1.28. The molecule has 1 N–H and O–H groups in total. The quantitative estimate of drug-likeness (QED) is 0.560. The van der Waals surface area contributed by atoms with Gasteiger partial charge in [0.15, 0.2) is 11.9 Å². The number of rotatable bonds is 1. The molecule has 0 fully saturated rings. The van der Waals surface area contributed by atoms with Crippen molar-refractivity contribution in [2.24, 2.45) is 7.05 Å². The Bertz CT molecular complexity index is 622. The summed E-state index contributed by atoms with van der Waals surface area (Å²) in [5.74, 6) is 0. The van der Waals surface area contributed by atoms with Gasteiger partial charge >= 0.3 is 10.1 Å². The van der Waals surface area contributed by atoms with Crippen molar-refractivity contribution in [3.8, 4) is 0 Å². The van der Waals surface area contributed by atoms with Gasteiger partial charge in [-0.1, -0.05) is 22.9 Å². The van der Waals surface area contributed by atoms with E-state index in [1.165, 1.54) is 10.9 Å². The lowest BCUT2D eigenvalue weighted by Gasteiger charge is -1.99. The highest BCUT2D eigenvalue weighted by molar-refractivity contribution is 7.86. The molecule has 0 aliphatic heterocycles. The molecule has 0 radical (unpaired) electrons. The third kappa shape index (κ3) is 1.81. The number of nitrogens with zero attached hydrogens (tertiary/aromatic N) is 2. The van der Waals surface area contributed by atoms with Crippen LogP contribution in [0.1, 0.15) is 0 Å². The second-order valence-electron chi connectivity index (χ2n) is 3.16. The fraction of sp³-hybridized carbons (Fsp3) is 0.111. The Morgan fingerprint density at radius 1 is 1.33 bits per heavy atom. The lowest BCUT2D eigenvalue weighted by atomic mass is 10.2. The minimum atomic E-state index is -4.21. The predicted molar refractivity (Wildman–Crippen MR) is 52.7 cm³/mol. The van der Waals surface area contributed by atoms with E-state index in [0.29, 0.717) is 10.9 Å². The molecule has 2 aromatic rings. The maximum Gasteiger partial charge on any atom is 0.301 e. The van der Waals surface area contributed by atoms with Crippen LogP contribution in [0.3, 0.4) is 0 Å². The first-order valence-electron chi connectivity index (χ1n) is 4.22. The van der Waals surface area contributed by atoms with E-state index in [1.807, 2.05) is 0 Å². The van der Waals surface area contributed by atoms with E-state index < -0.39 is 10.1 Å². The van der Waals surface area contributed by atoms with Crippen LogP contribution in [0.4, 0.5) is 0 Å². The van der Waals surface area contributed by atoms with Crippen molar-refractivity contribution in [1.29, 1.82) is 0 Å². The molecule has 1 aromatic heterocycles. The normalized spacial score (nSPS) is 11.9. The molecule has 0 spiro atoms. The lowest BCUT2D eigenvalue weighted by Crippen LogP contribution is -2.33. The second kappa shape index (κ2) is 3.25. The molecular formula is C9H9N2O3S+. The molecule has 15 heavy (non-hydrogen) atoms. The summed E-state index contributed by atoms with van der Waals surface area (Å²) in [4.78, 5) is -0.129. The monoisotopic (exact) mass is 225 g/mol. The first-order chi connectivity index (χ1) is 6.98. The van der Waals surface area contributed by atoms with E-state index in [0.717, 1.165) is 0 Å². The average Bonchev–Trinajstić information content (AvgIpc) is 2.15. The smallest absolute Gasteiger partial charge is 0.282 e. The summed E-state index contributed by atoms with van der Waals surface area (Å²) in [5, 5.41) is 4.51. The molecule has 1 heterocycles. The van der Waals surface area contributed by atoms with Gasteiger partial charge in [-0.15, -0.1) is 0 Å². The van der Waals surface area contributed by atoms with E-state index in [-0.39, 0.29) is 4.90 Å². The Morgan fingerprint density at radius 2 is 2.00 bits per heavy atom. The van der Waals surface area contributed by atoms with Crippen molar-refractivity contribution >= 4 is 21.0 Å². The van der Waals surface area contributed by atoms with Gasteiger partial charge in [-0.05, 0) is 11.2 Å². The van der Waals surface area contributed by atoms with Crippen LogP contribution < -0.4 is 4.68 Å². The van der Waals surface area contributed by atoms with Crippen LogP contribution in [0, 0.1) is 0 Å². The zero-order valence-corrected chi connectivity index (χ0v) is 8.77. The average molecular weight is 225 g/mol. The third-order valence-electron chi connectivity index (χ3n) is 2.02. The van der Waals surface area contributed by atoms with Gasteiger partial charge in [0.1, 0.15) is 5.52 Å². The van der Waals surface area contributed by atoms with Gasteiger partial charge in [0.25, 0.3) is 0 Å². The molecule has 0 aliphatic rings. The summed E-state index contributed by atoms with van der Waals surface area (Å²) in [6, 6.07) is 6.73. The van der Waals surface area contributed by atoms with Crippen LogP contribution >= 0.6 is 0 Å². The van der Waals surface area contributed by atoms with Gasteiger partial charge < -0.3 is 0 Å². The highest BCUT2D eigenvalue weighted by atomic mass is 32.2. The van der Waals surface area contributed by atoms with Crippen molar-refractivity contribution in [3.63, 3.8) is 0 Å². The van der Waals surface area contributed by atoms with E-state index >= 15 is 0 Å². The summed E-state index contributed by atoms with van der Waals surface area (Å²) in [7, 11) is -2.61. The first-order valence-corrected chi connectivity index (χ1v) is 5.66. The number of fused-ring (bicyclic) bond motifs is 1. The van der Waals surface area contributed by atoms with Crippen molar-refractivity contribution in [3.05, 3.63) is 30.5 Å². The van der Waals surface area contributed by atoms with Crippen LogP contribution in [0.2, 0.25) is 0 Å². The van der Waals surface area contributed by atoms with Gasteiger partial charge in [0.05, 0.1) is 0 Å². The third-order valence-corrected chi connectivity index (χ3v) is 2.90. The van der Waals surface area contributed by atoms with Gasteiger partial charge in [-0.2, -0.15) is 8.42 Å². The van der Waals surface area contributed by atoms with Crippen molar-refractivity contribution in [2.45, 2.75) is 4.90 Å². The largest absolute Gasteiger partial charge is 0.301 e. The molecule has 1 aromatic carbocycles. The van der Waals surface area contributed by atoms with E-state index in [9.17, 15) is 8.42 Å². The fourth-order valence-electron chi connectivity index (χ4n) is 1.41. The maximum absolute atomic E-state index is 11.1. The van der Waals surface area contributed by atoms with E-state index in [1.54, 1.807) is 31.3 Å². The molecule has 0 bridgehead atoms. The van der Waals surface area contributed by atoms with Crippen LogP contribution in [0.25, 0.3) is 10.9 Å². The summed E-state index contributed by atoms with van der Waals surface area (Å²) >= 11 is 0. The number of aromatic nitrogens is 2. The van der Waals surface area contributed by atoms with Crippen LogP contribution in [-0.4, -0.2) is 18.1 Å². The maximum atomic E-state index is 11.1. The zero-order valence-electron chi connectivity index (χ0n) is 7.95. The number of benzene rings is 1.